The second-order valence-corrected chi connectivity index (χ2v) is 9.20. The first-order valence-electron chi connectivity index (χ1n) is 9.91. The number of hydrogen-bond acceptors (Lipinski definition) is 4. The third-order valence-electron chi connectivity index (χ3n) is 7.83. The van der Waals surface area contributed by atoms with Crippen LogP contribution in [0, 0.1) is 16.7 Å². The number of likely N-dealkylation sites (N-methyl/N-ethyl adjacent to an activating group) is 1. The molecule has 0 spiro atoms. The summed E-state index contributed by atoms with van der Waals surface area (Å²) in [4.78, 5) is 28.9. The molecule has 0 radical (unpaired) electrons. The lowest BCUT2D eigenvalue weighted by Gasteiger charge is -2.41. The van der Waals surface area contributed by atoms with E-state index in [1.165, 1.54) is 32.2 Å². The minimum atomic E-state index is 0.0869. The molecule has 2 amide bonds. The van der Waals surface area contributed by atoms with E-state index < -0.39 is 0 Å². The molecule has 25 heavy (non-hydrogen) atoms. The Hall–Kier alpha value is -0.850. The highest BCUT2D eigenvalue weighted by molar-refractivity contribution is 5.77. The van der Waals surface area contributed by atoms with Crippen molar-refractivity contribution < 1.29 is 14.6 Å². The molecule has 142 valence electrons. The Morgan fingerprint density at radius 1 is 1.16 bits per heavy atom. The SMILES string of the molecule is CN(CCN1CCN(C2COOC2)C1=O)CC12CCC(CC1)C2(C)C. The first kappa shape index (κ1) is 17.6. The summed E-state index contributed by atoms with van der Waals surface area (Å²) in [7, 11) is 2.23. The highest BCUT2D eigenvalue weighted by atomic mass is 17.2. The molecule has 6 heteroatoms. The molecular weight excluding hydrogens is 318 g/mol. The van der Waals surface area contributed by atoms with E-state index >= 15 is 0 Å². The first-order valence-corrected chi connectivity index (χ1v) is 9.91. The molecule has 2 aliphatic carbocycles. The molecule has 2 saturated carbocycles. The smallest absolute Gasteiger partial charge is 0.320 e. The summed E-state index contributed by atoms with van der Waals surface area (Å²) in [5.41, 5.74) is 0.968. The predicted octanol–water partition coefficient (Wildman–Crippen LogP) is 2.20. The molecule has 0 atom stereocenters. The van der Waals surface area contributed by atoms with Gasteiger partial charge in [-0.15, -0.1) is 0 Å². The van der Waals surface area contributed by atoms with Gasteiger partial charge in [0, 0.05) is 32.7 Å². The van der Waals surface area contributed by atoms with Gasteiger partial charge in [0.2, 0.25) is 0 Å². The van der Waals surface area contributed by atoms with E-state index in [0.29, 0.717) is 24.0 Å². The van der Waals surface area contributed by atoms with E-state index in [1.807, 2.05) is 9.80 Å². The Morgan fingerprint density at radius 3 is 2.44 bits per heavy atom. The topological polar surface area (TPSA) is 45.2 Å². The highest BCUT2D eigenvalue weighted by Gasteiger charge is 2.58. The zero-order chi connectivity index (χ0) is 17.7. The first-order chi connectivity index (χ1) is 11.9. The largest absolute Gasteiger partial charge is 0.322 e. The molecule has 2 bridgehead atoms. The molecular formula is C19H33N3O3. The van der Waals surface area contributed by atoms with E-state index in [0.717, 1.165) is 32.1 Å². The van der Waals surface area contributed by atoms with Crippen LogP contribution in [0.2, 0.25) is 0 Å². The molecule has 2 heterocycles. The van der Waals surface area contributed by atoms with Crippen molar-refractivity contribution in [1.29, 1.82) is 0 Å². The van der Waals surface area contributed by atoms with Crippen LogP contribution < -0.4 is 0 Å². The summed E-state index contributed by atoms with van der Waals surface area (Å²) in [5, 5.41) is 0. The summed E-state index contributed by atoms with van der Waals surface area (Å²) in [6.07, 6.45) is 5.58. The van der Waals surface area contributed by atoms with Gasteiger partial charge in [-0.25, -0.2) is 14.6 Å². The quantitative estimate of drug-likeness (QED) is 0.688. The number of carbonyl (C=O) groups excluding carboxylic acids is 1. The fraction of sp³-hybridized carbons (Fsp3) is 0.947. The van der Waals surface area contributed by atoms with Crippen molar-refractivity contribution in [3.63, 3.8) is 0 Å². The van der Waals surface area contributed by atoms with Gasteiger partial charge in [-0.2, -0.15) is 0 Å². The van der Waals surface area contributed by atoms with Crippen molar-refractivity contribution in [2.75, 3.05) is 53.0 Å². The Morgan fingerprint density at radius 2 is 1.84 bits per heavy atom. The van der Waals surface area contributed by atoms with Crippen molar-refractivity contribution in [2.45, 2.75) is 45.6 Å². The second kappa shape index (κ2) is 6.39. The lowest BCUT2D eigenvalue weighted by molar-refractivity contribution is -0.248. The zero-order valence-corrected chi connectivity index (χ0v) is 16.0. The third kappa shape index (κ3) is 2.86. The maximum absolute atomic E-state index is 12.6. The molecule has 0 N–H and O–H groups in total. The number of carbonyl (C=O) groups is 1. The molecule has 0 unspecified atom stereocenters. The average Bonchev–Trinajstić information content (AvgIpc) is 3.31. The van der Waals surface area contributed by atoms with Crippen molar-refractivity contribution >= 4 is 6.03 Å². The summed E-state index contributed by atoms with van der Waals surface area (Å²) in [6.45, 7) is 10.5. The maximum atomic E-state index is 12.6. The van der Waals surface area contributed by atoms with Crippen LogP contribution in [0.25, 0.3) is 0 Å². The van der Waals surface area contributed by atoms with Crippen LogP contribution in [0.4, 0.5) is 4.79 Å². The zero-order valence-electron chi connectivity index (χ0n) is 16.0. The lowest BCUT2D eigenvalue weighted by Crippen LogP contribution is -2.45. The molecule has 2 saturated heterocycles. The van der Waals surface area contributed by atoms with Crippen molar-refractivity contribution in [3.05, 3.63) is 0 Å². The highest BCUT2D eigenvalue weighted by Crippen LogP contribution is 2.65. The Kier molecular flexibility index (Phi) is 4.49. The fourth-order valence-corrected chi connectivity index (χ4v) is 5.85. The van der Waals surface area contributed by atoms with E-state index in [4.69, 9.17) is 9.78 Å². The molecule has 0 aromatic carbocycles. The summed E-state index contributed by atoms with van der Waals surface area (Å²) in [6, 6.07) is 0.233. The van der Waals surface area contributed by atoms with Gasteiger partial charge in [-0.1, -0.05) is 13.8 Å². The van der Waals surface area contributed by atoms with Crippen LogP contribution in [0.1, 0.15) is 39.5 Å². The number of hydrogen-bond donors (Lipinski definition) is 0. The van der Waals surface area contributed by atoms with Crippen molar-refractivity contribution in [2.24, 2.45) is 16.7 Å². The summed E-state index contributed by atoms with van der Waals surface area (Å²) in [5.74, 6) is 0.922. The van der Waals surface area contributed by atoms with Crippen LogP contribution in [0.5, 0.6) is 0 Å². The van der Waals surface area contributed by atoms with Gasteiger partial charge < -0.3 is 14.7 Å². The Labute approximate surface area is 151 Å². The molecule has 0 aromatic rings. The van der Waals surface area contributed by atoms with Gasteiger partial charge >= 0.3 is 6.03 Å². The number of nitrogens with zero attached hydrogens (tertiary/aromatic N) is 3. The number of rotatable bonds is 6. The summed E-state index contributed by atoms with van der Waals surface area (Å²) < 4.78 is 0. The number of fused-ring (bicyclic) bond motifs is 2. The predicted molar refractivity (Wildman–Crippen MR) is 95.0 cm³/mol. The Bertz CT molecular complexity index is 510. The molecule has 0 aromatic heterocycles. The van der Waals surface area contributed by atoms with E-state index in [9.17, 15) is 4.79 Å². The van der Waals surface area contributed by atoms with E-state index in [1.54, 1.807) is 0 Å². The van der Waals surface area contributed by atoms with Crippen LogP contribution >= 0.6 is 0 Å². The van der Waals surface area contributed by atoms with Crippen LogP contribution in [0.3, 0.4) is 0 Å². The monoisotopic (exact) mass is 351 g/mol. The fourth-order valence-electron chi connectivity index (χ4n) is 5.85. The number of amides is 2. The van der Waals surface area contributed by atoms with Gasteiger partial charge in [-0.05, 0) is 49.5 Å². The molecule has 2 aliphatic heterocycles. The second-order valence-electron chi connectivity index (χ2n) is 9.20. The van der Waals surface area contributed by atoms with Gasteiger partial charge in [0.25, 0.3) is 0 Å². The molecule has 6 nitrogen and oxygen atoms in total. The van der Waals surface area contributed by atoms with E-state index in [2.05, 4.69) is 25.8 Å². The third-order valence-corrected chi connectivity index (χ3v) is 7.83. The molecule has 4 fully saturated rings. The van der Waals surface area contributed by atoms with Crippen LogP contribution in [-0.2, 0) is 9.78 Å². The standard InChI is InChI=1S/C19H33N3O3/c1-18(2)15-4-6-19(18,7-5-15)14-20(3)8-9-21-10-11-22(17(21)23)16-12-24-25-13-16/h15-16H,4-14H2,1-3H3. The van der Waals surface area contributed by atoms with Gasteiger partial charge in [0.15, 0.2) is 0 Å². The van der Waals surface area contributed by atoms with Gasteiger partial charge in [-0.3, -0.25) is 0 Å². The summed E-state index contributed by atoms with van der Waals surface area (Å²) >= 11 is 0. The lowest BCUT2D eigenvalue weighted by atomic mass is 9.69. The maximum Gasteiger partial charge on any atom is 0.320 e. The average molecular weight is 351 g/mol. The van der Waals surface area contributed by atoms with E-state index in [-0.39, 0.29) is 12.1 Å². The van der Waals surface area contributed by atoms with Gasteiger partial charge in [0.1, 0.15) is 13.2 Å². The van der Waals surface area contributed by atoms with Crippen LogP contribution in [-0.4, -0.2) is 79.8 Å². The van der Waals surface area contributed by atoms with Crippen LogP contribution in [0.15, 0.2) is 0 Å². The van der Waals surface area contributed by atoms with Gasteiger partial charge in [0.05, 0.1) is 6.04 Å². The Balaban J connectivity index is 1.28. The molecule has 4 rings (SSSR count). The normalized spacial score (nSPS) is 34.9. The minimum Gasteiger partial charge on any atom is -0.322 e. The van der Waals surface area contributed by atoms with Crippen molar-refractivity contribution in [3.8, 4) is 0 Å². The number of urea groups is 1. The van der Waals surface area contributed by atoms with Crippen molar-refractivity contribution in [1.82, 2.24) is 14.7 Å². The minimum absolute atomic E-state index is 0.0869. The molecule has 4 aliphatic rings.